The molecule has 1 aliphatic rings. The first kappa shape index (κ1) is 21.2. The molecule has 1 amide bonds. The number of amides is 1. The SMILES string of the molecule is O=C(Nc1cccc(-c2cn3c(n2)CCCC3)c1)c1cnc(OCC(F)(F)F)c(Cl)c1. The highest BCUT2D eigenvalue weighted by Gasteiger charge is 2.29. The molecule has 0 aliphatic carbocycles. The maximum absolute atomic E-state index is 12.6. The first-order valence-electron chi connectivity index (χ1n) is 9.61. The van der Waals surface area contributed by atoms with Crippen molar-refractivity contribution >= 4 is 23.2 Å². The van der Waals surface area contributed by atoms with Crippen molar-refractivity contribution in [3.05, 3.63) is 59.1 Å². The van der Waals surface area contributed by atoms with Crippen LogP contribution < -0.4 is 10.1 Å². The second-order valence-electron chi connectivity index (χ2n) is 7.14. The van der Waals surface area contributed by atoms with Crippen molar-refractivity contribution in [2.75, 3.05) is 11.9 Å². The van der Waals surface area contributed by atoms with Crippen molar-refractivity contribution < 1.29 is 22.7 Å². The van der Waals surface area contributed by atoms with Crippen LogP contribution in [0.5, 0.6) is 5.88 Å². The van der Waals surface area contributed by atoms with Crippen LogP contribution in [-0.4, -0.2) is 33.2 Å². The number of fused-ring (bicyclic) bond motifs is 1. The van der Waals surface area contributed by atoms with Crippen LogP contribution >= 0.6 is 11.6 Å². The van der Waals surface area contributed by atoms with Gasteiger partial charge < -0.3 is 14.6 Å². The van der Waals surface area contributed by atoms with Crippen LogP contribution in [0, 0.1) is 0 Å². The molecule has 3 heterocycles. The lowest BCUT2D eigenvalue weighted by Gasteiger charge is -2.11. The van der Waals surface area contributed by atoms with Crippen LogP contribution in [0.1, 0.15) is 29.0 Å². The summed E-state index contributed by atoms with van der Waals surface area (Å²) in [7, 11) is 0. The molecule has 31 heavy (non-hydrogen) atoms. The fourth-order valence-corrected chi connectivity index (χ4v) is 3.54. The van der Waals surface area contributed by atoms with Gasteiger partial charge in [0.2, 0.25) is 5.88 Å². The van der Waals surface area contributed by atoms with Crippen molar-refractivity contribution in [1.82, 2.24) is 14.5 Å². The number of imidazole rings is 1. The van der Waals surface area contributed by atoms with Crippen molar-refractivity contribution in [3.8, 4) is 17.1 Å². The molecule has 162 valence electrons. The molecule has 1 aliphatic heterocycles. The minimum atomic E-state index is -4.51. The van der Waals surface area contributed by atoms with Gasteiger partial charge in [-0.15, -0.1) is 0 Å². The van der Waals surface area contributed by atoms with Gasteiger partial charge in [-0.1, -0.05) is 23.7 Å². The van der Waals surface area contributed by atoms with Gasteiger partial charge in [-0.25, -0.2) is 9.97 Å². The Hall–Kier alpha value is -3.07. The number of carbonyl (C=O) groups excluding carboxylic acids is 1. The molecule has 4 rings (SSSR count). The van der Waals surface area contributed by atoms with Crippen LogP contribution in [0.4, 0.5) is 18.9 Å². The molecule has 0 unspecified atom stereocenters. The van der Waals surface area contributed by atoms with E-state index in [1.54, 1.807) is 6.07 Å². The van der Waals surface area contributed by atoms with Gasteiger partial charge in [0.05, 0.1) is 11.3 Å². The Bertz CT molecular complexity index is 1090. The minimum absolute atomic E-state index is 0.0900. The number of hydrogen-bond donors (Lipinski definition) is 1. The Morgan fingerprint density at radius 3 is 2.84 bits per heavy atom. The number of aromatic nitrogens is 3. The molecule has 1 aromatic carbocycles. The second-order valence-corrected chi connectivity index (χ2v) is 7.55. The summed E-state index contributed by atoms with van der Waals surface area (Å²) in [6, 6.07) is 8.47. The molecule has 3 aromatic rings. The van der Waals surface area contributed by atoms with Crippen molar-refractivity contribution in [1.29, 1.82) is 0 Å². The quantitative estimate of drug-likeness (QED) is 0.585. The highest BCUT2D eigenvalue weighted by molar-refractivity contribution is 6.32. The van der Waals surface area contributed by atoms with Crippen LogP contribution in [0.25, 0.3) is 11.3 Å². The lowest BCUT2D eigenvalue weighted by atomic mass is 10.1. The molecule has 6 nitrogen and oxygen atoms in total. The summed E-state index contributed by atoms with van der Waals surface area (Å²) in [5.74, 6) is 0.170. The van der Waals surface area contributed by atoms with E-state index in [1.165, 1.54) is 6.07 Å². The van der Waals surface area contributed by atoms with Crippen LogP contribution in [0.15, 0.2) is 42.7 Å². The highest BCUT2D eigenvalue weighted by Crippen LogP contribution is 2.27. The van der Waals surface area contributed by atoms with Gasteiger partial charge in [0.15, 0.2) is 6.61 Å². The number of pyridine rings is 1. The largest absolute Gasteiger partial charge is 0.467 e. The number of aryl methyl sites for hydroxylation is 2. The lowest BCUT2D eigenvalue weighted by Crippen LogP contribution is -2.20. The van der Waals surface area contributed by atoms with Gasteiger partial charge in [-0.05, 0) is 31.0 Å². The van der Waals surface area contributed by atoms with Crippen LogP contribution in [0.2, 0.25) is 5.02 Å². The zero-order chi connectivity index (χ0) is 22.0. The van der Waals surface area contributed by atoms with Gasteiger partial charge in [-0.2, -0.15) is 13.2 Å². The molecule has 1 N–H and O–H groups in total. The fourth-order valence-electron chi connectivity index (χ4n) is 3.32. The second kappa shape index (κ2) is 8.58. The topological polar surface area (TPSA) is 69.0 Å². The summed E-state index contributed by atoms with van der Waals surface area (Å²) in [6.07, 6.45) is 1.82. The Kier molecular flexibility index (Phi) is 5.86. The number of ether oxygens (including phenoxy) is 1. The maximum Gasteiger partial charge on any atom is 0.422 e. The molecule has 0 spiro atoms. The van der Waals surface area contributed by atoms with E-state index in [0.29, 0.717) is 5.69 Å². The number of halogens is 4. The van der Waals surface area contributed by atoms with Gasteiger partial charge in [0, 0.05) is 36.6 Å². The molecular weight excluding hydrogens is 433 g/mol. The zero-order valence-corrected chi connectivity index (χ0v) is 17.0. The third-order valence-electron chi connectivity index (χ3n) is 4.77. The number of anilines is 1. The van der Waals surface area contributed by atoms with E-state index in [9.17, 15) is 18.0 Å². The molecule has 0 radical (unpaired) electrons. The van der Waals surface area contributed by atoms with E-state index < -0.39 is 18.7 Å². The number of nitrogens with one attached hydrogen (secondary N) is 1. The molecule has 0 saturated carbocycles. The number of alkyl halides is 3. The Labute approximate surface area is 181 Å². The molecule has 0 bridgehead atoms. The van der Waals surface area contributed by atoms with E-state index in [4.69, 9.17) is 11.6 Å². The lowest BCUT2D eigenvalue weighted by molar-refractivity contribution is -0.154. The van der Waals surface area contributed by atoms with E-state index in [1.807, 2.05) is 24.4 Å². The van der Waals surface area contributed by atoms with Crippen molar-refractivity contribution in [2.45, 2.75) is 32.0 Å². The number of benzene rings is 1. The van der Waals surface area contributed by atoms with Crippen LogP contribution in [-0.2, 0) is 13.0 Å². The first-order valence-corrected chi connectivity index (χ1v) is 9.99. The van der Waals surface area contributed by atoms with Gasteiger partial charge >= 0.3 is 6.18 Å². The first-order chi connectivity index (χ1) is 14.8. The minimum Gasteiger partial charge on any atom is -0.467 e. The maximum atomic E-state index is 12.6. The Morgan fingerprint density at radius 2 is 2.10 bits per heavy atom. The average molecular weight is 451 g/mol. The Morgan fingerprint density at radius 1 is 1.26 bits per heavy atom. The predicted molar refractivity (Wildman–Crippen MR) is 109 cm³/mol. The number of hydrogen-bond acceptors (Lipinski definition) is 4. The number of rotatable bonds is 5. The fraction of sp³-hybridized carbons (Fsp3) is 0.286. The number of nitrogens with zero attached hydrogens (tertiary/aromatic N) is 3. The molecule has 10 heteroatoms. The molecule has 0 atom stereocenters. The molecule has 0 fully saturated rings. The molecule has 2 aromatic heterocycles. The van der Waals surface area contributed by atoms with E-state index >= 15 is 0 Å². The van der Waals surface area contributed by atoms with Crippen LogP contribution in [0.3, 0.4) is 0 Å². The number of carbonyl (C=O) groups is 1. The summed E-state index contributed by atoms with van der Waals surface area (Å²) < 4.78 is 43.5. The standard InChI is InChI=1S/C21H18ClF3N4O2/c22-16-9-14(10-26-20(16)31-12-21(23,24)25)19(30)27-15-5-3-4-13(8-15)17-11-29-7-2-1-6-18(29)28-17/h3-5,8-11H,1-2,6-7,12H2,(H,27,30). The Balaban J connectivity index is 1.47. The highest BCUT2D eigenvalue weighted by atomic mass is 35.5. The van der Waals surface area contributed by atoms with Gasteiger partial charge in [0.25, 0.3) is 5.91 Å². The summed E-state index contributed by atoms with van der Waals surface area (Å²) >= 11 is 5.91. The average Bonchev–Trinajstić information content (AvgIpc) is 3.17. The zero-order valence-electron chi connectivity index (χ0n) is 16.2. The normalized spacial score (nSPS) is 13.5. The smallest absolute Gasteiger partial charge is 0.422 e. The third kappa shape index (κ3) is 5.16. The van der Waals surface area contributed by atoms with Gasteiger partial charge in [0.1, 0.15) is 10.8 Å². The van der Waals surface area contributed by atoms with Gasteiger partial charge in [-0.3, -0.25) is 4.79 Å². The summed E-state index contributed by atoms with van der Waals surface area (Å²) in [5.41, 5.74) is 2.34. The summed E-state index contributed by atoms with van der Waals surface area (Å²) in [4.78, 5) is 21.0. The molecule has 0 saturated heterocycles. The van der Waals surface area contributed by atoms with E-state index in [-0.39, 0.29) is 16.5 Å². The van der Waals surface area contributed by atoms with Crippen molar-refractivity contribution in [3.63, 3.8) is 0 Å². The summed E-state index contributed by atoms with van der Waals surface area (Å²) in [6.45, 7) is -0.565. The van der Waals surface area contributed by atoms with E-state index in [0.717, 1.165) is 49.1 Å². The monoisotopic (exact) mass is 450 g/mol. The third-order valence-corrected chi connectivity index (χ3v) is 5.04. The van der Waals surface area contributed by atoms with Crippen molar-refractivity contribution in [2.24, 2.45) is 0 Å². The van der Waals surface area contributed by atoms with E-state index in [2.05, 4.69) is 24.6 Å². The predicted octanol–water partition coefficient (Wildman–Crippen LogP) is 5.13. The summed E-state index contributed by atoms with van der Waals surface area (Å²) in [5, 5.41) is 2.55. The molecular formula is C21H18ClF3N4O2.